The SMILES string of the molecule is COc1cc([C@H](C)N)ccc1OCC1CCC1. The maximum atomic E-state index is 5.84. The maximum absolute atomic E-state index is 5.84. The first-order valence-corrected chi connectivity index (χ1v) is 6.27. The molecule has 1 aliphatic rings. The first-order chi connectivity index (χ1) is 8.20. The molecule has 1 saturated carbocycles. The highest BCUT2D eigenvalue weighted by Crippen LogP contribution is 2.32. The summed E-state index contributed by atoms with van der Waals surface area (Å²) < 4.78 is 11.1. The number of nitrogens with two attached hydrogens (primary N) is 1. The molecule has 0 saturated heterocycles. The molecule has 0 aromatic heterocycles. The fourth-order valence-corrected chi connectivity index (χ4v) is 1.95. The topological polar surface area (TPSA) is 44.5 Å². The largest absolute Gasteiger partial charge is 0.493 e. The Balaban J connectivity index is 2.04. The smallest absolute Gasteiger partial charge is 0.161 e. The van der Waals surface area contributed by atoms with Crippen molar-refractivity contribution in [3.05, 3.63) is 23.8 Å². The van der Waals surface area contributed by atoms with Crippen LogP contribution in [0.3, 0.4) is 0 Å². The lowest BCUT2D eigenvalue weighted by molar-refractivity contribution is 0.176. The fourth-order valence-electron chi connectivity index (χ4n) is 1.95. The minimum atomic E-state index is 0.0181. The van der Waals surface area contributed by atoms with Crippen LogP contribution in [0.25, 0.3) is 0 Å². The van der Waals surface area contributed by atoms with Crippen molar-refractivity contribution < 1.29 is 9.47 Å². The molecule has 3 heteroatoms. The first kappa shape index (κ1) is 12.2. The van der Waals surface area contributed by atoms with Gasteiger partial charge in [-0.2, -0.15) is 0 Å². The van der Waals surface area contributed by atoms with Crippen LogP contribution in [0.1, 0.15) is 37.8 Å². The molecule has 0 bridgehead atoms. The van der Waals surface area contributed by atoms with Crippen molar-refractivity contribution in [2.24, 2.45) is 11.7 Å². The van der Waals surface area contributed by atoms with Gasteiger partial charge >= 0.3 is 0 Å². The molecule has 1 aromatic carbocycles. The van der Waals surface area contributed by atoms with Gasteiger partial charge < -0.3 is 15.2 Å². The van der Waals surface area contributed by atoms with Gasteiger partial charge in [0.15, 0.2) is 11.5 Å². The van der Waals surface area contributed by atoms with Crippen molar-refractivity contribution >= 4 is 0 Å². The molecule has 1 atom stereocenters. The highest BCUT2D eigenvalue weighted by molar-refractivity contribution is 5.43. The van der Waals surface area contributed by atoms with Crippen molar-refractivity contribution in [3.8, 4) is 11.5 Å². The van der Waals surface area contributed by atoms with Crippen LogP contribution in [0.2, 0.25) is 0 Å². The quantitative estimate of drug-likeness (QED) is 0.853. The van der Waals surface area contributed by atoms with Crippen molar-refractivity contribution in [1.82, 2.24) is 0 Å². The van der Waals surface area contributed by atoms with Crippen LogP contribution in [0, 0.1) is 5.92 Å². The molecule has 0 unspecified atom stereocenters. The third-order valence-corrected chi connectivity index (χ3v) is 3.41. The summed E-state index contributed by atoms with van der Waals surface area (Å²) in [5.74, 6) is 2.33. The molecule has 0 aliphatic heterocycles. The number of hydrogen-bond donors (Lipinski definition) is 1. The maximum Gasteiger partial charge on any atom is 0.161 e. The molecule has 2 rings (SSSR count). The van der Waals surface area contributed by atoms with Crippen LogP contribution >= 0.6 is 0 Å². The van der Waals surface area contributed by atoms with Gasteiger partial charge in [0.05, 0.1) is 13.7 Å². The molecule has 0 spiro atoms. The zero-order valence-electron chi connectivity index (χ0n) is 10.6. The van der Waals surface area contributed by atoms with E-state index in [0.717, 1.165) is 29.6 Å². The van der Waals surface area contributed by atoms with Crippen LogP contribution < -0.4 is 15.2 Å². The standard InChI is InChI=1S/C14H21NO2/c1-10(15)12-6-7-13(14(8-12)16-2)17-9-11-4-3-5-11/h6-8,10-11H,3-5,9,15H2,1-2H3/t10-/m0/s1. The van der Waals surface area contributed by atoms with E-state index < -0.39 is 0 Å². The Labute approximate surface area is 103 Å². The molecular formula is C14H21NO2. The Morgan fingerprint density at radius 1 is 1.35 bits per heavy atom. The van der Waals surface area contributed by atoms with E-state index >= 15 is 0 Å². The third kappa shape index (κ3) is 2.91. The van der Waals surface area contributed by atoms with E-state index in [1.165, 1.54) is 19.3 Å². The van der Waals surface area contributed by atoms with Crippen LogP contribution in [0.5, 0.6) is 11.5 Å². The van der Waals surface area contributed by atoms with Gasteiger partial charge in [0.1, 0.15) is 0 Å². The van der Waals surface area contributed by atoms with Gasteiger partial charge in [-0.3, -0.25) is 0 Å². The Morgan fingerprint density at radius 2 is 2.12 bits per heavy atom. The molecule has 0 radical (unpaired) electrons. The highest BCUT2D eigenvalue weighted by atomic mass is 16.5. The molecule has 94 valence electrons. The second-order valence-electron chi connectivity index (χ2n) is 4.81. The van der Waals surface area contributed by atoms with Gasteiger partial charge in [0, 0.05) is 6.04 Å². The van der Waals surface area contributed by atoms with Crippen LogP contribution in [-0.4, -0.2) is 13.7 Å². The van der Waals surface area contributed by atoms with E-state index in [1.807, 2.05) is 25.1 Å². The van der Waals surface area contributed by atoms with E-state index in [4.69, 9.17) is 15.2 Å². The lowest BCUT2D eigenvalue weighted by Gasteiger charge is -2.25. The molecule has 2 N–H and O–H groups in total. The Morgan fingerprint density at radius 3 is 2.65 bits per heavy atom. The van der Waals surface area contributed by atoms with E-state index in [-0.39, 0.29) is 6.04 Å². The van der Waals surface area contributed by atoms with Crippen LogP contribution in [0.4, 0.5) is 0 Å². The first-order valence-electron chi connectivity index (χ1n) is 6.27. The summed E-state index contributed by atoms with van der Waals surface area (Å²) >= 11 is 0. The number of ether oxygens (including phenoxy) is 2. The molecule has 1 aliphatic carbocycles. The molecule has 1 fully saturated rings. The van der Waals surface area contributed by atoms with Gasteiger partial charge in [0.25, 0.3) is 0 Å². The Hall–Kier alpha value is -1.22. The number of methoxy groups -OCH3 is 1. The summed E-state index contributed by atoms with van der Waals surface area (Å²) in [6.45, 7) is 2.76. The minimum absolute atomic E-state index is 0.0181. The number of hydrogen-bond acceptors (Lipinski definition) is 3. The van der Waals surface area contributed by atoms with E-state index in [0.29, 0.717) is 0 Å². The van der Waals surface area contributed by atoms with Gasteiger partial charge in [0.2, 0.25) is 0 Å². The minimum Gasteiger partial charge on any atom is -0.493 e. The zero-order chi connectivity index (χ0) is 12.3. The van der Waals surface area contributed by atoms with Crippen molar-refractivity contribution in [2.75, 3.05) is 13.7 Å². The van der Waals surface area contributed by atoms with Gasteiger partial charge in [-0.05, 0) is 43.4 Å². The average Bonchev–Trinajstić information content (AvgIpc) is 2.27. The summed E-state index contributed by atoms with van der Waals surface area (Å²) in [7, 11) is 1.66. The predicted octanol–water partition coefficient (Wildman–Crippen LogP) is 2.89. The van der Waals surface area contributed by atoms with Gasteiger partial charge in [-0.25, -0.2) is 0 Å². The van der Waals surface area contributed by atoms with Gasteiger partial charge in [-0.15, -0.1) is 0 Å². The lowest BCUT2D eigenvalue weighted by Crippen LogP contribution is -2.19. The summed E-state index contributed by atoms with van der Waals surface area (Å²) in [4.78, 5) is 0. The third-order valence-electron chi connectivity index (χ3n) is 3.41. The summed E-state index contributed by atoms with van der Waals surface area (Å²) in [5, 5.41) is 0. The molecule has 0 heterocycles. The molecule has 17 heavy (non-hydrogen) atoms. The van der Waals surface area contributed by atoms with Crippen LogP contribution in [-0.2, 0) is 0 Å². The van der Waals surface area contributed by atoms with E-state index in [2.05, 4.69) is 0 Å². The Bertz CT molecular complexity index is 372. The van der Waals surface area contributed by atoms with Crippen molar-refractivity contribution in [3.63, 3.8) is 0 Å². The number of rotatable bonds is 5. The van der Waals surface area contributed by atoms with Gasteiger partial charge in [-0.1, -0.05) is 12.5 Å². The lowest BCUT2D eigenvalue weighted by atomic mass is 9.86. The van der Waals surface area contributed by atoms with E-state index in [1.54, 1.807) is 7.11 Å². The molecular weight excluding hydrogens is 214 g/mol. The molecule has 1 aromatic rings. The Kier molecular flexibility index (Phi) is 3.89. The predicted molar refractivity (Wildman–Crippen MR) is 68.4 cm³/mol. The average molecular weight is 235 g/mol. The normalized spacial score (nSPS) is 17.4. The number of benzene rings is 1. The zero-order valence-corrected chi connectivity index (χ0v) is 10.6. The van der Waals surface area contributed by atoms with E-state index in [9.17, 15) is 0 Å². The summed E-state index contributed by atoms with van der Waals surface area (Å²) in [6, 6.07) is 5.94. The second kappa shape index (κ2) is 5.41. The van der Waals surface area contributed by atoms with Crippen LogP contribution in [0.15, 0.2) is 18.2 Å². The monoisotopic (exact) mass is 235 g/mol. The van der Waals surface area contributed by atoms with Crippen molar-refractivity contribution in [1.29, 1.82) is 0 Å². The summed E-state index contributed by atoms with van der Waals surface area (Å²) in [5.41, 5.74) is 6.91. The highest BCUT2D eigenvalue weighted by Gasteiger charge is 2.18. The fraction of sp³-hybridized carbons (Fsp3) is 0.571. The second-order valence-corrected chi connectivity index (χ2v) is 4.81. The molecule has 3 nitrogen and oxygen atoms in total. The molecule has 0 amide bonds. The van der Waals surface area contributed by atoms with Crippen molar-refractivity contribution in [2.45, 2.75) is 32.2 Å². The summed E-state index contributed by atoms with van der Waals surface area (Å²) in [6.07, 6.45) is 3.93.